The van der Waals surface area contributed by atoms with Crippen LogP contribution in [-0.2, 0) is 28.5 Å². The molecule has 0 N–H and O–H groups in total. The summed E-state index contributed by atoms with van der Waals surface area (Å²) < 4.78 is 20.6. The first-order valence-electron chi connectivity index (χ1n) is 8.13. The van der Waals surface area contributed by atoms with Crippen LogP contribution >= 0.6 is 0 Å². The Morgan fingerprint density at radius 1 is 0.818 bits per heavy atom. The Labute approximate surface area is 133 Å². The maximum atomic E-state index is 11.9. The molecule has 0 heterocycles. The number of carbonyl (C=O) groups is 2. The lowest BCUT2D eigenvalue weighted by atomic mass is 10.0. The Hall–Kier alpha value is -1.14. The standard InChI is InChI=1S/C16H30O6/c1-4-14(16(18)22-12-8-10-20-6-3)13-15(17)21-11-7-9-19-5-2/h14H,4-13H2,1-3H3. The quantitative estimate of drug-likeness (QED) is 0.362. The van der Waals surface area contributed by atoms with E-state index in [9.17, 15) is 9.59 Å². The molecule has 0 saturated carbocycles. The molecule has 6 heteroatoms. The summed E-state index contributed by atoms with van der Waals surface area (Å²) in [4.78, 5) is 23.5. The van der Waals surface area contributed by atoms with E-state index in [1.807, 2.05) is 20.8 Å². The van der Waals surface area contributed by atoms with Crippen molar-refractivity contribution < 1.29 is 28.5 Å². The topological polar surface area (TPSA) is 71.1 Å². The fourth-order valence-electron chi connectivity index (χ4n) is 1.74. The molecule has 0 fully saturated rings. The Bertz CT molecular complexity index is 292. The molecule has 6 nitrogen and oxygen atoms in total. The van der Waals surface area contributed by atoms with Crippen molar-refractivity contribution in [1.82, 2.24) is 0 Å². The van der Waals surface area contributed by atoms with Crippen LogP contribution in [0.2, 0.25) is 0 Å². The molecule has 1 unspecified atom stereocenters. The van der Waals surface area contributed by atoms with E-state index in [1.165, 1.54) is 0 Å². The molecule has 22 heavy (non-hydrogen) atoms. The lowest BCUT2D eigenvalue weighted by Crippen LogP contribution is -2.22. The predicted molar refractivity (Wildman–Crippen MR) is 82.5 cm³/mol. The van der Waals surface area contributed by atoms with Gasteiger partial charge in [0.05, 0.1) is 25.6 Å². The molecule has 130 valence electrons. The van der Waals surface area contributed by atoms with Gasteiger partial charge < -0.3 is 18.9 Å². The summed E-state index contributed by atoms with van der Waals surface area (Å²) in [5.41, 5.74) is 0. The van der Waals surface area contributed by atoms with Gasteiger partial charge in [-0.15, -0.1) is 0 Å². The van der Waals surface area contributed by atoms with E-state index in [1.54, 1.807) is 0 Å². The van der Waals surface area contributed by atoms with Gasteiger partial charge in [0.2, 0.25) is 0 Å². The Morgan fingerprint density at radius 2 is 1.36 bits per heavy atom. The molecule has 1 atom stereocenters. The van der Waals surface area contributed by atoms with Gasteiger partial charge in [-0.05, 0) is 20.3 Å². The van der Waals surface area contributed by atoms with Crippen molar-refractivity contribution in [1.29, 1.82) is 0 Å². The molecule has 0 aromatic heterocycles. The Balaban J connectivity index is 3.82. The highest BCUT2D eigenvalue weighted by atomic mass is 16.5. The zero-order valence-electron chi connectivity index (χ0n) is 14.1. The molecular weight excluding hydrogens is 288 g/mol. The summed E-state index contributed by atoms with van der Waals surface area (Å²) in [7, 11) is 0. The van der Waals surface area contributed by atoms with Crippen LogP contribution in [-0.4, -0.2) is 51.6 Å². The van der Waals surface area contributed by atoms with Crippen molar-refractivity contribution in [3.63, 3.8) is 0 Å². The minimum atomic E-state index is -0.438. The maximum Gasteiger partial charge on any atom is 0.309 e. The normalized spacial score (nSPS) is 12.0. The predicted octanol–water partition coefficient (Wildman–Crippen LogP) is 2.34. The van der Waals surface area contributed by atoms with Crippen molar-refractivity contribution in [3.8, 4) is 0 Å². The molecule has 0 spiro atoms. The fourth-order valence-corrected chi connectivity index (χ4v) is 1.74. The van der Waals surface area contributed by atoms with E-state index in [0.29, 0.717) is 58.9 Å². The molecular formula is C16H30O6. The largest absolute Gasteiger partial charge is 0.466 e. The second-order valence-corrected chi connectivity index (χ2v) is 4.80. The number of hydrogen-bond acceptors (Lipinski definition) is 6. The fraction of sp³-hybridized carbons (Fsp3) is 0.875. The van der Waals surface area contributed by atoms with Gasteiger partial charge in [0.25, 0.3) is 0 Å². The highest BCUT2D eigenvalue weighted by Crippen LogP contribution is 2.12. The summed E-state index contributed by atoms with van der Waals surface area (Å²) in [5, 5.41) is 0. The van der Waals surface area contributed by atoms with Crippen LogP contribution in [0, 0.1) is 5.92 Å². The highest BCUT2D eigenvalue weighted by Gasteiger charge is 2.22. The van der Waals surface area contributed by atoms with Crippen molar-refractivity contribution in [2.75, 3.05) is 39.6 Å². The lowest BCUT2D eigenvalue weighted by Gasteiger charge is -2.13. The average Bonchev–Trinajstić information content (AvgIpc) is 2.52. The van der Waals surface area contributed by atoms with E-state index >= 15 is 0 Å². The highest BCUT2D eigenvalue weighted by molar-refractivity contribution is 5.79. The maximum absolute atomic E-state index is 11.9. The first-order valence-corrected chi connectivity index (χ1v) is 8.13. The van der Waals surface area contributed by atoms with Crippen LogP contribution in [0.4, 0.5) is 0 Å². The summed E-state index contributed by atoms with van der Waals surface area (Å²) in [5.74, 6) is -1.15. The van der Waals surface area contributed by atoms with Gasteiger partial charge in [-0.2, -0.15) is 0 Å². The number of carbonyl (C=O) groups excluding carboxylic acids is 2. The summed E-state index contributed by atoms with van der Waals surface area (Å²) in [6.45, 7) is 8.77. The number of rotatable bonds is 14. The third-order valence-electron chi connectivity index (χ3n) is 3.02. The first-order chi connectivity index (χ1) is 10.7. The smallest absolute Gasteiger partial charge is 0.309 e. The minimum Gasteiger partial charge on any atom is -0.466 e. The molecule has 0 aliphatic heterocycles. The average molecular weight is 318 g/mol. The van der Waals surface area contributed by atoms with Gasteiger partial charge in [-0.1, -0.05) is 6.92 Å². The molecule has 0 aromatic rings. The van der Waals surface area contributed by atoms with E-state index in [4.69, 9.17) is 18.9 Å². The third kappa shape index (κ3) is 11.5. The van der Waals surface area contributed by atoms with E-state index in [2.05, 4.69) is 0 Å². The minimum absolute atomic E-state index is 0.0649. The zero-order chi connectivity index (χ0) is 16.6. The van der Waals surface area contributed by atoms with E-state index in [0.717, 1.165) is 0 Å². The molecule has 0 amide bonds. The second-order valence-electron chi connectivity index (χ2n) is 4.80. The summed E-state index contributed by atoms with van der Waals surface area (Å²) >= 11 is 0. The van der Waals surface area contributed by atoms with Crippen molar-refractivity contribution >= 4 is 11.9 Å². The van der Waals surface area contributed by atoms with E-state index < -0.39 is 5.92 Å². The molecule has 0 saturated heterocycles. The van der Waals surface area contributed by atoms with Crippen molar-refractivity contribution in [2.24, 2.45) is 5.92 Å². The van der Waals surface area contributed by atoms with Gasteiger partial charge in [-0.3, -0.25) is 9.59 Å². The van der Waals surface area contributed by atoms with Gasteiger partial charge in [0.15, 0.2) is 0 Å². The molecule has 0 radical (unpaired) electrons. The van der Waals surface area contributed by atoms with Crippen LogP contribution < -0.4 is 0 Å². The summed E-state index contributed by atoms with van der Waals surface area (Å²) in [6, 6.07) is 0. The van der Waals surface area contributed by atoms with Crippen LogP contribution in [0.15, 0.2) is 0 Å². The third-order valence-corrected chi connectivity index (χ3v) is 3.02. The Morgan fingerprint density at radius 3 is 1.86 bits per heavy atom. The first kappa shape index (κ1) is 20.9. The Kier molecular flexibility index (Phi) is 14.0. The van der Waals surface area contributed by atoms with Crippen molar-refractivity contribution in [3.05, 3.63) is 0 Å². The van der Waals surface area contributed by atoms with Gasteiger partial charge >= 0.3 is 11.9 Å². The summed E-state index contributed by atoms with van der Waals surface area (Å²) in [6.07, 6.45) is 1.95. The van der Waals surface area contributed by atoms with Crippen LogP contribution in [0.1, 0.15) is 46.5 Å². The number of esters is 2. The molecule has 0 rings (SSSR count). The van der Waals surface area contributed by atoms with Gasteiger partial charge in [0.1, 0.15) is 0 Å². The zero-order valence-corrected chi connectivity index (χ0v) is 14.1. The monoisotopic (exact) mass is 318 g/mol. The molecule has 0 aromatic carbocycles. The van der Waals surface area contributed by atoms with Crippen LogP contribution in [0.25, 0.3) is 0 Å². The molecule has 0 aliphatic carbocycles. The number of ether oxygens (including phenoxy) is 4. The van der Waals surface area contributed by atoms with Gasteiger partial charge in [-0.25, -0.2) is 0 Å². The van der Waals surface area contributed by atoms with Crippen LogP contribution in [0.3, 0.4) is 0 Å². The van der Waals surface area contributed by atoms with E-state index in [-0.39, 0.29) is 18.4 Å². The SMILES string of the molecule is CCOCCCOC(=O)CC(CC)C(=O)OCCCOCC. The second kappa shape index (κ2) is 14.8. The molecule has 0 bridgehead atoms. The number of hydrogen-bond donors (Lipinski definition) is 0. The lowest BCUT2D eigenvalue weighted by molar-refractivity contribution is -0.155. The van der Waals surface area contributed by atoms with Crippen molar-refractivity contribution in [2.45, 2.75) is 46.5 Å². The van der Waals surface area contributed by atoms with Gasteiger partial charge in [0, 0.05) is 39.3 Å². The molecule has 0 aliphatic rings. The van der Waals surface area contributed by atoms with Crippen LogP contribution in [0.5, 0.6) is 0 Å².